The monoisotopic (exact) mass is 365 g/mol. The fourth-order valence-electron chi connectivity index (χ4n) is 3.37. The molecule has 0 spiro atoms. The first-order valence-corrected chi connectivity index (χ1v) is 9.00. The Hall–Kier alpha value is -3.09. The summed E-state index contributed by atoms with van der Waals surface area (Å²) in [5.74, 6) is 0.449. The highest BCUT2D eigenvalue weighted by molar-refractivity contribution is 5.74. The normalized spacial score (nSPS) is 14.3. The maximum atomic E-state index is 12.4. The number of amides is 1. The number of hydrogen-bond acceptors (Lipinski definition) is 5. The Morgan fingerprint density at radius 3 is 2.78 bits per heavy atom. The quantitative estimate of drug-likeness (QED) is 0.715. The van der Waals surface area contributed by atoms with E-state index in [9.17, 15) is 4.79 Å². The molecule has 1 aromatic carbocycles. The van der Waals surface area contributed by atoms with Crippen molar-refractivity contribution in [3.05, 3.63) is 47.8 Å². The van der Waals surface area contributed by atoms with Crippen molar-refractivity contribution < 1.29 is 9.53 Å². The summed E-state index contributed by atoms with van der Waals surface area (Å²) < 4.78 is 7.31. The molecule has 2 N–H and O–H groups in total. The molecule has 0 saturated heterocycles. The SMILES string of the molecule is CC(C)(C)OC(=O)N1CCc2ccc(-c3ccc4c(N)ncnn34)cc2C1. The predicted octanol–water partition coefficient (Wildman–Crippen LogP) is 3.27. The molecule has 7 heteroatoms. The molecule has 0 saturated carbocycles. The zero-order valence-corrected chi connectivity index (χ0v) is 15.8. The third-order valence-electron chi connectivity index (χ3n) is 4.65. The van der Waals surface area contributed by atoms with Crippen molar-refractivity contribution in [3.8, 4) is 11.3 Å². The van der Waals surface area contributed by atoms with Crippen LogP contribution in [0.5, 0.6) is 0 Å². The summed E-state index contributed by atoms with van der Waals surface area (Å²) >= 11 is 0. The maximum absolute atomic E-state index is 12.4. The van der Waals surface area contributed by atoms with E-state index < -0.39 is 5.60 Å². The van der Waals surface area contributed by atoms with Crippen LogP contribution in [-0.2, 0) is 17.7 Å². The van der Waals surface area contributed by atoms with E-state index >= 15 is 0 Å². The summed E-state index contributed by atoms with van der Waals surface area (Å²) in [5, 5.41) is 4.31. The van der Waals surface area contributed by atoms with E-state index in [1.165, 1.54) is 11.9 Å². The number of nitrogen functional groups attached to an aromatic ring is 1. The zero-order chi connectivity index (χ0) is 19.2. The van der Waals surface area contributed by atoms with Crippen LogP contribution in [0.4, 0.5) is 10.6 Å². The van der Waals surface area contributed by atoms with Crippen LogP contribution >= 0.6 is 0 Å². The molecule has 0 fully saturated rings. The highest BCUT2D eigenvalue weighted by Gasteiger charge is 2.26. The van der Waals surface area contributed by atoms with Crippen LogP contribution in [0.25, 0.3) is 16.8 Å². The highest BCUT2D eigenvalue weighted by Crippen LogP contribution is 2.28. The van der Waals surface area contributed by atoms with E-state index in [0.717, 1.165) is 28.8 Å². The van der Waals surface area contributed by atoms with Gasteiger partial charge in [-0.1, -0.05) is 12.1 Å². The van der Waals surface area contributed by atoms with E-state index in [2.05, 4.69) is 28.3 Å². The van der Waals surface area contributed by atoms with Gasteiger partial charge in [-0.05, 0) is 56.5 Å². The lowest BCUT2D eigenvalue weighted by atomic mass is 9.96. The van der Waals surface area contributed by atoms with Crippen molar-refractivity contribution in [1.82, 2.24) is 19.5 Å². The molecule has 1 aliphatic rings. The molecule has 3 heterocycles. The molecule has 0 bridgehead atoms. The summed E-state index contributed by atoms with van der Waals surface area (Å²) in [7, 11) is 0. The number of rotatable bonds is 1. The fourth-order valence-corrected chi connectivity index (χ4v) is 3.37. The van der Waals surface area contributed by atoms with Gasteiger partial charge in [0.1, 0.15) is 17.4 Å². The van der Waals surface area contributed by atoms with Gasteiger partial charge in [0.05, 0.1) is 5.69 Å². The lowest BCUT2D eigenvalue weighted by Crippen LogP contribution is -2.39. The van der Waals surface area contributed by atoms with Gasteiger partial charge in [0.15, 0.2) is 5.82 Å². The Morgan fingerprint density at radius 1 is 1.19 bits per heavy atom. The second kappa shape index (κ2) is 6.26. The Kier molecular flexibility index (Phi) is 4.02. The zero-order valence-electron chi connectivity index (χ0n) is 15.8. The van der Waals surface area contributed by atoms with Gasteiger partial charge in [0.2, 0.25) is 0 Å². The number of anilines is 1. The van der Waals surface area contributed by atoms with Crippen LogP contribution in [0.2, 0.25) is 0 Å². The third-order valence-corrected chi connectivity index (χ3v) is 4.65. The number of carbonyl (C=O) groups is 1. The topological polar surface area (TPSA) is 85.8 Å². The Balaban J connectivity index is 1.65. The molecular weight excluding hydrogens is 342 g/mol. The van der Waals surface area contributed by atoms with Gasteiger partial charge in [0.25, 0.3) is 0 Å². The molecule has 27 heavy (non-hydrogen) atoms. The molecule has 0 aliphatic carbocycles. The Morgan fingerprint density at radius 2 is 2.00 bits per heavy atom. The number of hydrogen-bond donors (Lipinski definition) is 1. The molecule has 140 valence electrons. The number of benzene rings is 1. The summed E-state index contributed by atoms with van der Waals surface area (Å²) in [6.07, 6.45) is 2.00. The average Bonchev–Trinajstić information content (AvgIpc) is 3.05. The van der Waals surface area contributed by atoms with Crippen LogP contribution < -0.4 is 5.73 Å². The third kappa shape index (κ3) is 3.32. The first-order chi connectivity index (χ1) is 12.8. The number of nitrogens with two attached hydrogens (primary N) is 1. The summed E-state index contributed by atoms with van der Waals surface area (Å²) in [6, 6.07) is 10.2. The van der Waals surface area contributed by atoms with Crippen molar-refractivity contribution in [3.63, 3.8) is 0 Å². The largest absolute Gasteiger partial charge is 0.444 e. The van der Waals surface area contributed by atoms with Crippen LogP contribution in [0.15, 0.2) is 36.7 Å². The predicted molar refractivity (Wildman–Crippen MR) is 103 cm³/mol. The molecule has 0 unspecified atom stereocenters. The number of fused-ring (bicyclic) bond motifs is 2. The minimum atomic E-state index is -0.496. The van der Waals surface area contributed by atoms with Crippen LogP contribution in [0.3, 0.4) is 0 Å². The van der Waals surface area contributed by atoms with Crippen molar-refractivity contribution >= 4 is 17.4 Å². The average molecular weight is 365 g/mol. The molecule has 1 aliphatic heterocycles. The molecule has 3 aromatic rings. The highest BCUT2D eigenvalue weighted by atomic mass is 16.6. The molecule has 1 amide bonds. The standard InChI is InChI=1S/C20H23N5O2/c1-20(2,3)27-19(26)24-9-8-13-4-5-14(10-15(13)11-24)16-6-7-17-18(21)22-12-23-25(16)17/h4-7,10,12H,8-9,11H2,1-3H3,(H2,21,22,23). The number of nitrogens with zero attached hydrogens (tertiary/aromatic N) is 4. The molecule has 4 rings (SSSR count). The Labute approximate surface area is 157 Å². The lowest BCUT2D eigenvalue weighted by molar-refractivity contribution is 0.0224. The first-order valence-electron chi connectivity index (χ1n) is 9.00. The molecule has 7 nitrogen and oxygen atoms in total. The van der Waals surface area contributed by atoms with E-state index in [-0.39, 0.29) is 6.09 Å². The first kappa shape index (κ1) is 17.3. The van der Waals surface area contributed by atoms with Crippen molar-refractivity contribution in [2.24, 2.45) is 0 Å². The Bertz CT molecular complexity index is 1020. The van der Waals surface area contributed by atoms with E-state index in [1.807, 2.05) is 32.9 Å². The van der Waals surface area contributed by atoms with Gasteiger partial charge in [-0.2, -0.15) is 5.10 Å². The van der Waals surface area contributed by atoms with Gasteiger partial charge >= 0.3 is 6.09 Å². The van der Waals surface area contributed by atoms with Gasteiger partial charge in [-0.25, -0.2) is 14.3 Å². The molecule has 0 radical (unpaired) electrons. The second-order valence-electron chi connectivity index (χ2n) is 7.80. The van der Waals surface area contributed by atoms with Gasteiger partial charge < -0.3 is 15.4 Å². The van der Waals surface area contributed by atoms with Crippen LogP contribution in [0, 0.1) is 0 Å². The minimum absolute atomic E-state index is 0.271. The van der Waals surface area contributed by atoms with E-state index in [4.69, 9.17) is 10.5 Å². The van der Waals surface area contributed by atoms with E-state index in [0.29, 0.717) is 18.9 Å². The number of aromatic nitrogens is 3. The van der Waals surface area contributed by atoms with Crippen molar-refractivity contribution in [1.29, 1.82) is 0 Å². The molecular formula is C20H23N5O2. The number of carbonyl (C=O) groups excluding carboxylic acids is 1. The second-order valence-corrected chi connectivity index (χ2v) is 7.80. The summed E-state index contributed by atoms with van der Waals surface area (Å²) in [5.41, 5.74) is 10.6. The number of ether oxygens (including phenoxy) is 1. The van der Waals surface area contributed by atoms with Crippen LogP contribution in [0.1, 0.15) is 31.9 Å². The fraction of sp³-hybridized carbons (Fsp3) is 0.350. The van der Waals surface area contributed by atoms with E-state index in [1.54, 1.807) is 9.42 Å². The maximum Gasteiger partial charge on any atom is 0.410 e. The minimum Gasteiger partial charge on any atom is -0.444 e. The summed E-state index contributed by atoms with van der Waals surface area (Å²) in [6.45, 7) is 6.85. The van der Waals surface area contributed by atoms with Crippen molar-refractivity contribution in [2.45, 2.75) is 39.3 Å². The molecule has 2 aromatic heterocycles. The van der Waals surface area contributed by atoms with Gasteiger partial charge in [-0.3, -0.25) is 0 Å². The lowest BCUT2D eigenvalue weighted by Gasteiger charge is -2.31. The van der Waals surface area contributed by atoms with Gasteiger partial charge in [0, 0.05) is 18.7 Å². The van der Waals surface area contributed by atoms with Crippen molar-refractivity contribution in [2.75, 3.05) is 12.3 Å². The molecule has 0 atom stereocenters. The smallest absolute Gasteiger partial charge is 0.410 e. The van der Waals surface area contributed by atoms with Gasteiger partial charge in [-0.15, -0.1) is 0 Å². The van der Waals surface area contributed by atoms with Crippen LogP contribution in [-0.4, -0.2) is 37.7 Å². The summed E-state index contributed by atoms with van der Waals surface area (Å²) in [4.78, 5) is 18.2.